The molecule has 35 heavy (non-hydrogen) atoms. The minimum Gasteiger partial charge on any atom is -0.442 e. The predicted molar refractivity (Wildman–Crippen MR) is 133 cm³/mol. The number of hydrazine groups is 1. The number of anilines is 1. The van der Waals surface area contributed by atoms with Crippen molar-refractivity contribution in [2.24, 2.45) is 5.41 Å². The number of nitrogens with one attached hydrogen (secondary N) is 1. The molecule has 1 spiro atoms. The third kappa shape index (κ3) is 5.85. The molecular weight excluding hydrogens is 470 g/mol. The third-order valence-electron chi connectivity index (χ3n) is 6.24. The van der Waals surface area contributed by atoms with Crippen molar-refractivity contribution in [3.8, 4) is 11.3 Å². The standard InChI is InChI=1S/C25H32ClN5O4/c1-5-31(23(33)35-24(2,3)4)29-21(32)18-8-6-17(7-9-18)20-19(26)14-27-22(28-20)30-12-10-25(11-13-30)15-34-16-25/h6-9,14H,5,10-13,15-16H2,1-4H3,(H,29,32). The SMILES string of the molecule is CCN(NC(=O)c1ccc(-c2nc(N3CCC4(CC3)COC4)ncc2Cl)cc1)C(=O)OC(C)(C)C. The van der Waals surface area contributed by atoms with E-state index >= 15 is 0 Å². The molecule has 2 fully saturated rings. The number of amides is 2. The van der Waals surface area contributed by atoms with Crippen molar-refractivity contribution in [1.82, 2.24) is 20.4 Å². The number of nitrogens with zero attached hydrogens (tertiary/aromatic N) is 4. The van der Waals surface area contributed by atoms with Crippen molar-refractivity contribution in [1.29, 1.82) is 0 Å². The second-order valence-electron chi connectivity index (χ2n) is 10.1. The van der Waals surface area contributed by atoms with E-state index in [-0.39, 0.29) is 6.54 Å². The van der Waals surface area contributed by atoms with Crippen molar-refractivity contribution < 1.29 is 19.1 Å². The fourth-order valence-electron chi connectivity index (χ4n) is 4.11. The quantitative estimate of drug-likeness (QED) is 0.623. The van der Waals surface area contributed by atoms with Gasteiger partial charge in [0.05, 0.1) is 30.1 Å². The minimum atomic E-state index is -0.659. The molecule has 2 aromatic rings. The summed E-state index contributed by atoms with van der Waals surface area (Å²) in [5, 5.41) is 1.59. The van der Waals surface area contributed by atoms with Crippen LogP contribution in [0.1, 0.15) is 50.9 Å². The zero-order chi connectivity index (χ0) is 25.2. The van der Waals surface area contributed by atoms with Gasteiger partial charge in [0, 0.05) is 36.2 Å². The summed E-state index contributed by atoms with van der Waals surface area (Å²) in [6.45, 7) is 10.8. The number of benzene rings is 1. The Labute approximate surface area is 210 Å². The van der Waals surface area contributed by atoms with Gasteiger partial charge in [0.25, 0.3) is 5.91 Å². The van der Waals surface area contributed by atoms with Crippen LogP contribution in [0, 0.1) is 5.41 Å². The van der Waals surface area contributed by atoms with E-state index in [0.29, 0.717) is 27.6 Å². The lowest BCUT2D eigenvalue weighted by molar-refractivity contribution is -0.124. The van der Waals surface area contributed by atoms with Gasteiger partial charge in [-0.25, -0.2) is 19.8 Å². The maximum Gasteiger partial charge on any atom is 0.429 e. The molecule has 0 aliphatic carbocycles. The molecule has 2 saturated heterocycles. The summed E-state index contributed by atoms with van der Waals surface area (Å²) in [7, 11) is 0. The maximum absolute atomic E-state index is 12.7. The molecule has 1 N–H and O–H groups in total. The fraction of sp³-hybridized carbons (Fsp3) is 0.520. The Morgan fingerprint density at radius 3 is 2.40 bits per heavy atom. The Morgan fingerprint density at radius 1 is 1.20 bits per heavy atom. The number of piperidine rings is 1. The van der Waals surface area contributed by atoms with Gasteiger partial charge in [0.1, 0.15) is 5.60 Å². The van der Waals surface area contributed by atoms with Crippen molar-refractivity contribution in [3.05, 3.63) is 41.0 Å². The van der Waals surface area contributed by atoms with E-state index in [0.717, 1.165) is 49.7 Å². The molecule has 2 aliphatic rings. The Morgan fingerprint density at radius 2 is 1.86 bits per heavy atom. The van der Waals surface area contributed by atoms with E-state index in [9.17, 15) is 9.59 Å². The minimum absolute atomic E-state index is 0.267. The van der Waals surface area contributed by atoms with Gasteiger partial charge in [-0.2, -0.15) is 0 Å². The Bertz CT molecular complexity index is 1070. The average Bonchev–Trinajstić information content (AvgIpc) is 2.81. The van der Waals surface area contributed by atoms with Gasteiger partial charge < -0.3 is 14.4 Å². The largest absolute Gasteiger partial charge is 0.442 e. The van der Waals surface area contributed by atoms with E-state index < -0.39 is 17.6 Å². The molecule has 1 aromatic heterocycles. The predicted octanol–water partition coefficient (Wildman–Crippen LogP) is 4.32. The van der Waals surface area contributed by atoms with E-state index in [1.165, 1.54) is 0 Å². The van der Waals surface area contributed by atoms with Gasteiger partial charge in [0.2, 0.25) is 5.95 Å². The molecule has 2 amide bonds. The lowest BCUT2D eigenvalue weighted by Gasteiger charge is -2.47. The number of carbonyl (C=O) groups is 2. The monoisotopic (exact) mass is 501 g/mol. The molecule has 188 valence electrons. The van der Waals surface area contributed by atoms with Crippen molar-refractivity contribution >= 4 is 29.5 Å². The van der Waals surface area contributed by atoms with Crippen LogP contribution < -0.4 is 10.3 Å². The maximum atomic E-state index is 12.7. The highest BCUT2D eigenvalue weighted by molar-refractivity contribution is 6.32. The van der Waals surface area contributed by atoms with Gasteiger partial charge in [-0.3, -0.25) is 10.2 Å². The van der Waals surface area contributed by atoms with E-state index in [2.05, 4.69) is 15.3 Å². The van der Waals surface area contributed by atoms with Crippen LogP contribution in [0.4, 0.5) is 10.7 Å². The van der Waals surface area contributed by atoms with Crippen LogP contribution in [-0.4, -0.2) is 65.4 Å². The van der Waals surface area contributed by atoms with Crippen LogP contribution in [0.25, 0.3) is 11.3 Å². The number of halogens is 1. The summed E-state index contributed by atoms with van der Waals surface area (Å²) >= 11 is 6.43. The van der Waals surface area contributed by atoms with Gasteiger partial charge in [-0.05, 0) is 52.7 Å². The highest BCUT2D eigenvalue weighted by atomic mass is 35.5. The van der Waals surface area contributed by atoms with Crippen LogP contribution in [0.3, 0.4) is 0 Å². The topological polar surface area (TPSA) is 96.9 Å². The van der Waals surface area contributed by atoms with Gasteiger partial charge in [-0.15, -0.1) is 0 Å². The van der Waals surface area contributed by atoms with E-state index in [1.54, 1.807) is 58.2 Å². The zero-order valence-electron chi connectivity index (χ0n) is 20.6. The van der Waals surface area contributed by atoms with Crippen LogP contribution in [0.15, 0.2) is 30.5 Å². The smallest absolute Gasteiger partial charge is 0.429 e. The summed E-state index contributed by atoms with van der Waals surface area (Å²) in [6.07, 6.45) is 3.14. The normalized spacial score (nSPS) is 17.0. The lowest BCUT2D eigenvalue weighted by Crippen LogP contribution is -2.51. The number of carbonyl (C=O) groups excluding carboxylic acids is 2. The molecule has 3 heterocycles. The number of aromatic nitrogens is 2. The van der Waals surface area contributed by atoms with Crippen molar-refractivity contribution in [2.75, 3.05) is 37.7 Å². The summed E-state index contributed by atoms with van der Waals surface area (Å²) in [5.74, 6) is 0.234. The first-order valence-electron chi connectivity index (χ1n) is 11.9. The van der Waals surface area contributed by atoms with Crippen LogP contribution in [0.2, 0.25) is 5.02 Å². The summed E-state index contributed by atoms with van der Waals surface area (Å²) in [4.78, 5) is 36.4. The number of hydrogen-bond donors (Lipinski definition) is 1. The second kappa shape index (κ2) is 9.99. The summed E-state index contributed by atoms with van der Waals surface area (Å²) in [6, 6.07) is 6.92. The van der Waals surface area contributed by atoms with Crippen molar-refractivity contribution in [2.45, 2.75) is 46.1 Å². The number of rotatable bonds is 4. The molecule has 0 radical (unpaired) electrons. The first-order valence-corrected chi connectivity index (χ1v) is 12.2. The summed E-state index contributed by atoms with van der Waals surface area (Å²) in [5.41, 5.74) is 4.05. The van der Waals surface area contributed by atoms with Crippen LogP contribution in [0.5, 0.6) is 0 Å². The first kappa shape index (κ1) is 25.2. The van der Waals surface area contributed by atoms with Gasteiger partial charge >= 0.3 is 6.09 Å². The van der Waals surface area contributed by atoms with E-state index in [4.69, 9.17) is 26.1 Å². The molecule has 0 unspecified atom stereocenters. The highest BCUT2D eigenvalue weighted by Gasteiger charge is 2.41. The molecule has 10 heteroatoms. The third-order valence-corrected chi connectivity index (χ3v) is 6.52. The molecular formula is C25H32ClN5O4. The zero-order valence-corrected chi connectivity index (χ0v) is 21.4. The molecule has 0 atom stereocenters. The van der Waals surface area contributed by atoms with E-state index in [1.807, 2.05) is 0 Å². The second-order valence-corrected chi connectivity index (χ2v) is 10.5. The molecule has 9 nitrogen and oxygen atoms in total. The Kier molecular flexibility index (Phi) is 7.19. The van der Waals surface area contributed by atoms with Gasteiger partial charge in [-0.1, -0.05) is 23.7 Å². The molecule has 0 bridgehead atoms. The highest BCUT2D eigenvalue weighted by Crippen LogP contribution is 2.39. The molecule has 1 aromatic carbocycles. The number of hydrogen-bond acceptors (Lipinski definition) is 7. The lowest BCUT2D eigenvalue weighted by atomic mass is 9.77. The van der Waals surface area contributed by atoms with Crippen LogP contribution >= 0.6 is 11.6 Å². The van der Waals surface area contributed by atoms with Crippen LogP contribution in [-0.2, 0) is 9.47 Å². The molecule has 0 saturated carbocycles. The fourth-order valence-corrected chi connectivity index (χ4v) is 4.31. The van der Waals surface area contributed by atoms with Crippen molar-refractivity contribution in [3.63, 3.8) is 0 Å². The molecule has 4 rings (SSSR count). The molecule has 2 aliphatic heterocycles. The first-order chi connectivity index (χ1) is 16.6. The van der Waals surface area contributed by atoms with Gasteiger partial charge in [0.15, 0.2) is 0 Å². The average molecular weight is 502 g/mol. The Balaban J connectivity index is 1.44. The number of ether oxygens (including phenoxy) is 2. The Hall–Kier alpha value is -2.91. The summed E-state index contributed by atoms with van der Waals surface area (Å²) < 4.78 is 10.7.